The molecule has 0 saturated carbocycles. The molecule has 1 atom stereocenters. The highest BCUT2D eigenvalue weighted by Gasteiger charge is 2.23. The predicted octanol–water partition coefficient (Wildman–Crippen LogP) is 0.589. The fourth-order valence-corrected chi connectivity index (χ4v) is 1.27. The minimum Gasteiger partial charge on any atom is -0.344 e. The molecule has 0 aromatic rings. The van der Waals surface area contributed by atoms with Crippen molar-refractivity contribution < 1.29 is 4.79 Å². The normalized spacial score (nSPS) is 12.3. The minimum absolute atomic E-state index is 0.0396. The second-order valence-electron chi connectivity index (χ2n) is 3.75. The zero-order valence-electron chi connectivity index (χ0n) is 9.16. The van der Waals surface area contributed by atoms with Crippen molar-refractivity contribution in [1.82, 2.24) is 4.90 Å². The molecule has 0 aromatic carbocycles. The summed E-state index contributed by atoms with van der Waals surface area (Å²) in [5.41, 5.74) is 5.53. The average molecular weight is 197 g/mol. The summed E-state index contributed by atoms with van der Waals surface area (Å²) in [6.07, 6.45) is 0.373. The highest BCUT2D eigenvalue weighted by atomic mass is 16.2. The summed E-state index contributed by atoms with van der Waals surface area (Å²) in [6, 6.07) is 2.01. The lowest BCUT2D eigenvalue weighted by Gasteiger charge is -2.24. The second kappa shape index (κ2) is 6.39. The first-order valence-electron chi connectivity index (χ1n) is 4.86. The van der Waals surface area contributed by atoms with Crippen molar-refractivity contribution in [2.24, 2.45) is 17.6 Å². The molecule has 0 spiro atoms. The van der Waals surface area contributed by atoms with Gasteiger partial charge in [-0.25, -0.2) is 0 Å². The summed E-state index contributed by atoms with van der Waals surface area (Å²) in [6.45, 7) is 4.81. The molecule has 4 heteroatoms. The summed E-state index contributed by atoms with van der Waals surface area (Å²) in [5.74, 6) is 0.161. The number of nitrogens with zero attached hydrogens (tertiary/aromatic N) is 2. The van der Waals surface area contributed by atoms with Gasteiger partial charge in [0.2, 0.25) is 5.91 Å². The first kappa shape index (κ1) is 12.9. The van der Waals surface area contributed by atoms with E-state index in [1.807, 2.05) is 19.9 Å². The van der Waals surface area contributed by atoms with E-state index >= 15 is 0 Å². The standard InChI is InChI=1S/C10H19N3O/c1-8(2)9(7-12)10(14)13(3)6-4-5-11/h8-9H,4,6-7,12H2,1-3H3. The number of carbonyl (C=O) groups is 1. The maximum atomic E-state index is 11.8. The maximum Gasteiger partial charge on any atom is 0.226 e. The number of hydrogen-bond acceptors (Lipinski definition) is 3. The molecule has 0 radical (unpaired) electrons. The second-order valence-corrected chi connectivity index (χ2v) is 3.75. The van der Waals surface area contributed by atoms with Crippen molar-refractivity contribution in [2.75, 3.05) is 20.1 Å². The molecule has 1 amide bonds. The molecule has 0 aliphatic heterocycles. The fraction of sp³-hybridized carbons (Fsp3) is 0.800. The average Bonchev–Trinajstić information content (AvgIpc) is 2.14. The highest BCUT2D eigenvalue weighted by Crippen LogP contribution is 2.12. The molecule has 14 heavy (non-hydrogen) atoms. The molecule has 0 fully saturated rings. The zero-order chi connectivity index (χ0) is 11.1. The summed E-state index contributed by atoms with van der Waals surface area (Å²) < 4.78 is 0. The van der Waals surface area contributed by atoms with E-state index in [1.54, 1.807) is 11.9 Å². The zero-order valence-corrected chi connectivity index (χ0v) is 9.16. The van der Waals surface area contributed by atoms with Crippen molar-refractivity contribution in [3.63, 3.8) is 0 Å². The van der Waals surface area contributed by atoms with Crippen LogP contribution in [0.3, 0.4) is 0 Å². The van der Waals surface area contributed by atoms with E-state index in [1.165, 1.54) is 0 Å². The lowest BCUT2D eigenvalue weighted by Crippen LogP contribution is -2.39. The lowest BCUT2D eigenvalue weighted by molar-refractivity contribution is -0.135. The SMILES string of the molecule is CC(C)C(CN)C(=O)N(C)CCC#N. The van der Waals surface area contributed by atoms with Crippen molar-refractivity contribution in [1.29, 1.82) is 5.26 Å². The van der Waals surface area contributed by atoms with Crippen molar-refractivity contribution >= 4 is 5.91 Å². The van der Waals surface area contributed by atoms with Gasteiger partial charge in [0.15, 0.2) is 0 Å². The number of amides is 1. The molecule has 0 bridgehead atoms. The van der Waals surface area contributed by atoms with Crippen LogP contribution in [0.4, 0.5) is 0 Å². The lowest BCUT2D eigenvalue weighted by atomic mass is 9.94. The van der Waals surface area contributed by atoms with Crippen LogP contribution in [0.15, 0.2) is 0 Å². The van der Waals surface area contributed by atoms with Crippen LogP contribution in [0.2, 0.25) is 0 Å². The predicted molar refractivity (Wildman–Crippen MR) is 55.2 cm³/mol. The molecular formula is C10H19N3O. The number of carbonyl (C=O) groups excluding carboxylic acids is 1. The van der Waals surface area contributed by atoms with E-state index in [4.69, 9.17) is 11.0 Å². The quantitative estimate of drug-likeness (QED) is 0.701. The largest absolute Gasteiger partial charge is 0.344 e. The summed E-state index contributed by atoms with van der Waals surface area (Å²) in [4.78, 5) is 13.3. The Labute approximate surface area is 85.7 Å². The first-order valence-corrected chi connectivity index (χ1v) is 4.86. The minimum atomic E-state index is -0.126. The Hall–Kier alpha value is -1.08. The summed E-state index contributed by atoms with van der Waals surface area (Å²) >= 11 is 0. The molecule has 0 saturated heterocycles. The molecule has 0 aliphatic rings. The maximum absolute atomic E-state index is 11.8. The summed E-state index contributed by atoms with van der Waals surface area (Å²) in [7, 11) is 1.71. The number of nitriles is 1. The van der Waals surface area contributed by atoms with Crippen LogP contribution in [0, 0.1) is 23.2 Å². The number of hydrogen-bond donors (Lipinski definition) is 1. The number of nitrogens with two attached hydrogens (primary N) is 1. The van der Waals surface area contributed by atoms with E-state index in [0.717, 1.165) is 0 Å². The third-order valence-corrected chi connectivity index (χ3v) is 2.31. The van der Waals surface area contributed by atoms with Crippen molar-refractivity contribution in [3.05, 3.63) is 0 Å². The third kappa shape index (κ3) is 3.75. The Balaban J connectivity index is 4.21. The Bertz CT molecular complexity index is 220. The Morgan fingerprint density at radius 3 is 2.50 bits per heavy atom. The van der Waals surface area contributed by atoms with Crippen LogP contribution in [0.1, 0.15) is 20.3 Å². The summed E-state index contributed by atoms with van der Waals surface area (Å²) in [5, 5.41) is 8.39. The van der Waals surface area contributed by atoms with Gasteiger partial charge in [-0.15, -0.1) is 0 Å². The van der Waals surface area contributed by atoms with E-state index < -0.39 is 0 Å². The molecule has 4 nitrogen and oxygen atoms in total. The smallest absolute Gasteiger partial charge is 0.226 e. The van der Waals surface area contributed by atoms with Gasteiger partial charge >= 0.3 is 0 Å². The van der Waals surface area contributed by atoms with Crippen LogP contribution >= 0.6 is 0 Å². The topological polar surface area (TPSA) is 70.1 Å². The molecule has 0 aromatic heterocycles. The Kier molecular flexibility index (Phi) is 5.89. The molecule has 80 valence electrons. The van der Waals surface area contributed by atoms with Crippen molar-refractivity contribution in [2.45, 2.75) is 20.3 Å². The molecular weight excluding hydrogens is 178 g/mol. The van der Waals surface area contributed by atoms with Gasteiger partial charge in [0.05, 0.1) is 18.4 Å². The number of rotatable bonds is 5. The third-order valence-electron chi connectivity index (χ3n) is 2.31. The van der Waals surface area contributed by atoms with Crippen LogP contribution in [-0.4, -0.2) is 30.9 Å². The van der Waals surface area contributed by atoms with Gasteiger partial charge in [-0.3, -0.25) is 4.79 Å². The molecule has 0 heterocycles. The monoisotopic (exact) mass is 197 g/mol. The molecule has 2 N–H and O–H groups in total. The van der Waals surface area contributed by atoms with Crippen LogP contribution in [0.5, 0.6) is 0 Å². The van der Waals surface area contributed by atoms with Gasteiger partial charge in [0, 0.05) is 20.1 Å². The van der Waals surface area contributed by atoms with E-state index in [0.29, 0.717) is 19.5 Å². The molecule has 0 aliphatic carbocycles. The van der Waals surface area contributed by atoms with Gasteiger partial charge in [0.1, 0.15) is 0 Å². The van der Waals surface area contributed by atoms with E-state index in [9.17, 15) is 4.79 Å². The van der Waals surface area contributed by atoms with Crippen LogP contribution in [-0.2, 0) is 4.79 Å². The highest BCUT2D eigenvalue weighted by molar-refractivity contribution is 5.79. The first-order chi connectivity index (χ1) is 6.54. The van der Waals surface area contributed by atoms with Gasteiger partial charge in [0.25, 0.3) is 0 Å². The molecule has 0 rings (SSSR count). The molecule has 1 unspecified atom stereocenters. The van der Waals surface area contributed by atoms with Gasteiger partial charge in [-0.2, -0.15) is 5.26 Å². The van der Waals surface area contributed by atoms with Crippen LogP contribution in [0.25, 0.3) is 0 Å². The van der Waals surface area contributed by atoms with Crippen molar-refractivity contribution in [3.8, 4) is 6.07 Å². The van der Waals surface area contributed by atoms with Gasteiger partial charge in [-0.05, 0) is 5.92 Å². The van der Waals surface area contributed by atoms with Crippen LogP contribution < -0.4 is 5.73 Å². The Morgan fingerprint density at radius 1 is 1.57 bits per heavy atom. The van der Waals surface area contributed by atoms with E-state index in [-0.39, 0.29) is 17.7 Å². The van der Waals surface area contributed by atoms with E-state index in [2.05, 4.69) is 0 Å². The Morgan fingerprint density at radius 2 is 2.14 bits per heavy atom. The van der Waals surface area contributed by atoms with Gasteiger partial charge < -0.3 is 10.6 Å². The fourth-order valence-electron chi connectivity index (χ4n) is 1.27. The van der Waals surface area contributed by atoms with Gasteiger partial charge in [-0.1, -0.05) is 13.8 Å².